The Morgan fingerprint density at radius 1 is 1.38 bits per heavy atom. The Hall–Kier alpha value is -2.17. The number of nitrogens with one attached hydrogen (secondary N) is 1. The van der Waals surface area contributed by atoms with Gasteiger partial charge in [-0.05, 0) is 38.8 Å². The first-order valence-corrected chi connectivity index (χ1v) is 6.70. The van der Waals surface area contributed by atoms with Gasteiger partial charge in [-0.25, -0.2) is 9.18 Å². The minimum absolute atomic E-state index is 0.0360. The summed E-state index contributed by atoms with van der Waals surface area (Å²) in [5.74, 6) is -0.543. The molecule has 1 aromatic rings. The quantitative estimate of drug-likeness (QED) is 0.667. The number of hydrogen-bond acceptors (Lipinski definition) is 3. The fraction of sp³-hybridized carbons (Fsp3) is 0.375. The van der Waals surface area contributed by atoms with Crippen LogP contribution in [0.2, 0.25) is 0 Å². The summed E-state index contributed by atoms with van der Waals surface area (Å²) in [6.07, 6.45) is 3.99. The van der Waals surface area contributed by atoms with Crippen molar-refractivity contribution in [3.8, 4) is 0 Å². The molecule has 4 nitrogen and oxygen atoms in total. The molecule has 0 saturated carbocycles. The number of aldehydes is 1. The Balaban J connectivity index is 2.45. The van der Waals surface area contributed by atoms with Gasteiger partial charge in [0.05, 0.1) is 5.56 Å². The van der Waals surface area contributed by atoms with Crippen LogP contribution >= 0.6 is 0 Å². The number of benzene rings is 1. The topological polar surface area (TPSA) is 55.4 Å². The van der Waals surface area contributed by atoms with Gasteiger partial charge in [0.1, 0.15) is 11.4 Å². The summed E-state index contributed by atoms with van der Waals surface area (Å²) in [7, 11) is 0. The van der Waals surface area contributed by atoms with Gasteiger partial charge in [-0.2, -0.15) is 0 Å². The summed E-state index contributed by atoms with van der Waals surface area (Å²) in [5, 5.41) is 2.61. The van der Waals surface area contributed by atoms with Crippen molar-refractivity contribution in [2.45, 2.75) is 32.8 Å². The highest BCUT2D eigenvalue weighted by Gasteiger charge is 2.15. The zero-order chi connectivity index (χ0) is 15.9. The van der Waals surface area contributed by atoms with E-state index in [1.807, 2.05) is 0 Å². The molecule has 1 aromatic carbocycles. The summed E-state index contributed by atoms with van der Waals surface area (Å²) in [4.78, 5) is 22.2. The number of alkyl carbamates (subject to hydrolysis) is 1. The van der Waals surface area contributed by atoms with E-state index in [0.717, 1.165) is 0 Å². The molecule has 114 valence electrons. The molecule has 1 rings (SSSR count). The van der Waals surface area contributed by atoms with E-state index in [9.17, 15) is 14.0 Å². The first kappa shape index (κ1) is 16.9. The lowest BCUT2D eigenvalue weighted by Gasteiger charge is -2.19. The molecule has 0 saturated heterocycles. The lowest BCUT2D eigenvalue weighted by Crippen LogP contribution is -2.32. The second kappa shape index (κ2) is 7.57. The molecule has 5 heteroatoms. The summed E-state index contributed by atoms with van der Waals surface area (Å²) >= 11 is 0. The van der Waals surface area contributed by atoms with Crippen LogP contribution in [0.1, 0.15) is 43.1 Å². The molecule has 0 atom stereocenters. The predicted molar refractivity (Wildman–Crippen MR) is 79.7 cm³/mol. The summed E-state index contributed by atoms with van der Waals surface area (Å²) in [6, 6.07) is 4.44. The van der Waals surface area contributed by atoms with Crippen LogP contribution in [0.3, 0.4) is 0 Å². The maximum Gasteiger partial charge on any atom is 0.407 e. The zero-order valence-corrected chi connectivity index (χ0v) is 12.5. The number of amides is 1. The number of carbonyl (C=O) groups is 2. The number of hydrogen-bond donors (Lipinski definition) is 1. The van der Waals surface area contributed by atoms with Gasteiger partial charge >= 0.3 is 6.09 Å². The van der Waals surface area contributed by atoms with Crippen molar-refractivity contribution < 1.29 is 18.7 Å². The molecule has 0 spiro atoms. The van der Waals surface area contributed by atoms with Crippen LogP contribution in [0.15, 0.2) is 24.3 Å². The van der Waals surface area contributed by atoms with Gasteiger partial charge in [0.15, 0.2) is 6.29 Å². The van der Waals surface area contributed by atoms with E-state index in [0.29, 0.717) is 24.8 Å². The Morgan fingerprint density at radius 2 is 2.10 bits per heavy atom. The average molecular weight is 293 g/mol. The molecule has 0 bridgehead atoms. The highest BCUT2D eigenvalue weighted by Crippen LogP contribution is 2.13. The number of ether oxygens (including phenoxy) is 1. The maximum absolute atomic E-state index is 13.4. The molecule has 1 N–H and O–H groups in total. The highest BCUT2D eigenvalue weighted by molar-refractivity contribution is 5.82. The van der Waals surface area contributed by atoms with Gasteiger partial charge in [-0.3, -0.25) is 4.79 Å². The third-order valence-corrected chi connectivity index (χ3v) is 2.48. The molecule has 21 heavy (non-hydrogen) atoms. The van der Waals surface area contributed by atoms with Crippen molar-refractivity contribution in [3.63, 3.8) is 0 Å². The van der Waals surface area contributed by atoms with Gasteiger partial charge < -0.3 is 10.1 Å². The maximum atomic E-state index is 13.4. The van der Waals surface area contributed by atoms with E-state index in [1.165, 1.54) is 6.07 Å². The van der Waals surface area contributed by atoms with Crippen molar-refractivity contribution in [3.05, 3.63) is 41.2 Å². The molecule has 0 aliphatic heterocycles. The second-order valence-electron chi connectivity index (χ2n) is 5.48. The van der Waals surface area contributed by atoms with Crippen LogP contribution < -0.4 is 5.32 Å². The van der Waals surface area contributed by atoms with Crippen molar-refractivity contribution >= 4 is 18.5 Å². The first-order valence-electron chi connectivity index (χ1n) is 6.70. The molecule has 0 radical (unpaired) electrons. The standard InChI is InChI=1S/C16H20FNO3/c1-16(2,3)21-15(20)18-10-5-4-7-12-8-6-9-14(17)13(12)11-19/h4,6-9,11H,5,10H2,1-3H3,(H,18,20). The third kappa shape index (κ3) is 6.21. The van der Waals surface area contributed by atoms with Crippen LogP contribution in [0.25, 0.3) is 6.08 Å². The predicted octanol–water partition coefficient (Wildman–Crippen LogP) is 3.57. The SMILES string of the molecule is CC(C)(C)OC(=O)NCCC=Cc1cccc(F)c1C=O. The fourth-order valence-electron chi connectivity index (χ4n) is 1.61. The molecule has 0 heterocycles. The fourth-order valence-corrected chi connectivity index (χ4v) is 1.61. The van der Waals surface area contributed by atoms with Crippen molar-refractivity contribution in [1.82, 2.24) is 5.32 Å². The largest absolute Gasteiger partial charge is 0.444 e. The highest BCUT2D eigenvalue weighted by atomic mass is 19.1. The minimum Gasteiger partial charge on any atom is -0.444 e. The first-order chi connectivity index (χ1) is 9.83. The Labute approximate surface area is 124 Å². The van der Waals surface area contributed by atoms with Crippen LogP contribution in [0, 0.1) is 5.82 Å². The van der Waals surface area contributed by atoms with E-state index < -0.39 is 17.5 Å². The Morgan fingerprint density at radius 3 is 2.71 bits per heavy atom. The van der Waals surface area contributed by atoms with Gasteiger partial charge in [0, 0.05) is 6.54 Å². The van der Waals surface area contributed by atoms with Gasteiger partial charge in [0.25, 0.3) is 0 Å². The summed E-state index contributed by atoms with van der Waals surface area (Å²) in [6.45, 7) is 5.77. The Bertz CT molecular complexity index is 533. The van der Waals surface area contributed by atoms with Gasteiger partial charge in [0.2, 0.25) is 0 Å². The monoisotopic (exact) mass is 293 g/mol. The van der Waals surface area contributed by atoms with Crippen molar-refractivity contribution in [2.75, 3.05) is 6.54 Å². The molecular weight excluding hydrogens is 273 g/mol. The Kier molecular flexibility index (Phi) is 6.09. The lowest BCUT2D eigenvalue weighted by atomic mass is 10.1. The average Bonchev–Trinajstić information content (AvgIpc) is 2.36. The van der Waals surface area contributed by atoms with Crippen LogP contribution in [-0.2, 0) is 4.74 Å². The van der Waals surface area contributed by atoms with E-state index in [2.05, 4.69) is 5.32 Å². The zero-order valence-electron chi connectivity index (χ0n) is 12.5. The van der Waals surface area contributed by atoms with Crippen LogP contribution in [-0.4, -0.2) is 24.5 Å². The number of halogens is 1. The summed E-state index contributed by atoms with van der Waals surface area (Å²) < 4.78 is 18.4. The van der Waals surface area contributed by atoms with E-state index in [1.54, 1.807) is 45.1 Å². The molecule has 0 aliphatic carbocycles. The van der Waals surface area contributed by atoms with Crippen molar-refractivity contribution in [1.29, 1.82) is 0 Å². The minimum atomic E-state index is -0.543. The van der Waals surface area contributed by atoms with Crippen LogP contribution in [0.5, 0.6) is 0 Å². The van der Waals surface area contributed by atoms with E-state index in [4.69, 9.17) is 4.74 Å². The second-order valence-corrected chi connectivity index (χ2v) is 5.48. The van der Waals surface area contributed by atoms with Gasteiger partial charge in [-0.1, -0.05) is 24.3 Å². The third-order valence-electron chi connectivity index (χ3n) is 2.48. The van der Waals surface area contributed by atoms with Crippen LogP contribution in [0.4, 0.5) is 9.18 Å². The van der Waals surface area contributed by atoms with E-state index >= 15 is 0 Å². The normalized spacial score (nSPS) is 11.4. The van der Waals surface area contributed by atoms with Gasteiger partial charge in [-0.15, -0.1) is 0 Å². The molecule has 0 unspecified atom stereocenters. The van der Waals surface area contributed by atoms with E-state index in [-0.39, 0.29) is 5.56 Å². The number of carbonyl (C=O) groups excluding carboxylic acids is 2. The molecule has 0 aliphatic rings. The molecule has 0 fully saturated rings. The van der Waals surface area contributed by atoms with Crippen molar-refractivity contribution in [2.24, 2.45) is 0 Å². The number of rotatable bonds is 5. The molecular formula is C16H20FNO3. The summed E-state index contributed by atoms with van der Waals surface area (Å²) in [5.41, 5.74) is 0.0245. The lowest BCUT2D eigenvalue weighted by molar-refractivity contribution is 0.0528. The molecule has 0 aromatic heterocycles. The molecule has 1 amide bonds. The smallest absolute Gasteiger partial charge is 0.407 e.